The third-order valence-corrected chi connectivity index (χ3v) is 6.92. The second-order valence-corrected chi connectivity index (χ2v) is 8.62. The van der Waals surface area contributed by atoms with Crippen molar-refractivity contribution in [3.05, 3.63) is 70.3 Å². The predicted octanol–water partition coefficient (Wildman–Crippen LogP) is 2.96. The number of pyridine rings is 1. The number of carbonyl (C=O) groups is 1. The number of aryl methyl sites for hydroxylation is 1. The molecule has 158 valence electrons. The lowest BCUT2D eigenvalue weighted by molar-refractivity contribution is 0.102. The molecule has 0 saturated heterocycles. The number of benzene rings is 2. The summed E-state index contributed by atoms with van der Waals surface area (Å²) in [5, 5.41) is 2.69. The maximum Gasteiger partial charge on any atom is 0.261 e. The number of rotatable bonds is 6. The molecule has 0 bridgehead atoms. The molecule has 0 spiro atoms. The lowest BCUT2D eigenvalue weighted by atomic mass is 10.1. The summed E-state index contributed by atoms with van der Waals surface area (Å²) in [6.45, 7) is 4.21. The van der Waals surface area contributed by atoms with Gasteiger partial charge in [0, 0.05) is 37.4 Å². The predicted molar refractivity (Wildman–Crippen MR) is 114 cm³/mol. The van der Waals surface area contributed by atoms with E-state index in [4.69, 9.17) is 0 Å². The molecule has 3 rings (SSSR count). The SMILES string of the molecule is CCN(CC)S(=O)(=O)c1ccc(NC(=O)c2cn(C)c3c(F)cccc3c2=O)cc1. The molecule has 0 atom stereocenters. The zero-order valence-corrected chi connectivity index (χ0v) is 17.7. The van der Waals surface area contributed by atoms with Gasteiger partial charge in [0.15, 0.2) is 0 Å². The molecule has 3 aromatic rings. The van der Waals surface area contributed by atoms with Crippen LogP contribution < -0.4 is 10.7 Å². The summed E-state index contributed by atoms with van der Waals surface area (Å²) in [7, 11) is -2.06. The van der Waals surface area contributed by atoms with Gasteiger partial charge in [-0.15, -0.1) is 0 Å². The van der Waals surface area contributed by atoms with Gasteiger partial charge in [0.25, 0.3) is 5.91 Å². The largest absolute Gasteiger partial charge is 0.347 e. The summed E-state index contributed by atoms with van der Waals surface area (Å²) in [4.78, 5) is 25.4. The van der Waals surface area contributed by atoms with E-state index in [-0.39, 0.29) is 21.4 Å². The first-order valence-corrected chi connectivity index (χ1v) is 10.8. The summed E-state index contributed by atoms with van der Waals surface area (Å²) in [5.74, 6) is -1.22. The molecule has 0 radical (unpaired) electrons. The Morgan fingerprint density at radius 3 is 2.33 bits per heavy atom. The zero-order chi connectivity index (χ0) is 22.1. The highest BCUT2D eigenvalue weighted by molar-refractivity contribution is 7.89. The van der Waals surface area contributed by atoms with Crippen molar-refractivity contribution in [2.75, 3.05) is 18.4 Å². The number of aromatic nitrogens is 1. The van der Waals surface area contributed by atoms with Gasteiger partial charge in [-0.1, -0.05) is 19.9 Å². The number of hydrogen-bond donors (Lipinski definition) is 1. The normalized spacial score (nSPS) is 11.8. The number of nitrogens with one attached hydrogen (secondary N) is 1. The maximum absolute atomic E-state index is 14.0. The van der Waals surface area contributed by atoms with E-state index >= 15 is 0 Å². The number of nitrogens with zero attached hydrogens (tertiary/aromatic N) is 2. The molecule has 0 aliphatic heterocycles. The number of para-hydroxylation sites is 1. The third-order valence-electron chi connectivity index (χ3n) is 4.85. The van der Waals surface area contributed by atoms with E-state index in [0.717, 1.165) is 0 Å². The van der Waals surface area contributed by atoms with Crippen molar-refractivity contribution < 1.29 is 17.6 Å². The van der Waals surface area contributed by atoms with E-state index in [9.17, 15) is 22.4 Å². The molecule has 0 unspecified atom stereocenters. The highest BCUT2D eigenvalue weighted by Crippen LogP contribution is 2.19. The highest BCUT2D eigenvalue weighted by Gasteiger charge is 2.22. The molecule has 1 amide bonds. The molecule has 0 aliphatic rings. The van der Waals surface area contributed by atoms with E-state index in [1.54, 1.807) is 20.9 Å². The molecule has 1 aromatic heterocycles. The third kappa shape index (κ3) is 3.86. The van der Waals surface area contributed by atoms with E-state index in [1.807, 2.05) is 0 Å². The van der Waals surface area contributed by atoms with Gasteiger partial charge in [0.2, 0.25) is 15.5 Å². The summed E-state index contributed by atoms with van der Waals surface area (Å²) in [6, 6.07) is 9.84. The Morgan fingerprint density at radius 1 is 1.10 bits per heavy atom. The monoisotopic (exact) mass is 431 g/mol. The van der Waals surface area contributed by atoms with Gasteiger partial charge in [-0.2, -0.15) is 4.31 Å². The number of anilines is 1. The van der Waals surface area contributed by atoms with Gasteiger partial charge < -0.3 is 9.88 Å². The fourth-order valence-electron chi connectivity index (χ4n) is 3.30. The van der Waals surface area contributed by atoms with Gasteiger partial charge in [0.05, 0.1) is 10.4 Å². The lowest BCUT2D eigenvalue weighted by Gasteiger charge is -2.18. The maximum atomic E-state index is 14.0. The summed E-state index contributed by atoms with van der Waals surface area (Å²) in [6.07, 6.45) is 1.28. The number of halogens is 1. The molecule has 7 nitrogen and oxygen atoms in total. The second-order valence-electron chi connectivity index (χ2n) is 6.69. The summed E-state index contributed by atoms with van der Waals surface area (Å²) < 4.78 is 41.9. The standard InChI is InChI=1S/C21H22FN3O4S/c1-4-25(5-2)30(28,29)15-11-9-14(10-12-15)23-21(27)17-13-24(3)19-16(20(17)26)7-6-8-18(19)22/h6-13H,4-5H2,1-3H3,(H,23,27). The van der Waals surface area contributed by atoms with Crippen molar-refractivity contribution in [2.45, 2.75) is 18.7 Å². The molecular formula is C21H22FN3O4S. The van der Waals surface area contributed by atoms with Crippen molar-refractivity contribution in [3.8, 4) is 0 Å². The molecule has 30 heavy (non-hydrogen) atoms. The van der Waals surface area contributed by atoms with E-state index in [1.165, 1.54) is 57.5 Å². The fourth-order valence-corrected chi connectivity index (χ4v) is 4.76. The van der Waals surface area contributed by atoms with Crippen LogP contribution in [0.4, 0.5) is 10.1 Å². The van der Waals surface area contributed by atoms with Crippen LogP contribution in [-0.4, -0.2) is 36.3 Å². The van der Waals surface area contributed by atoms with Gasteiger partial charge in [-0.05, 0) is 36.4 Å². The molecule has 0 aliphatic carbocycles. The Balaban J connectivity index is 1.90. The Kier molecular flexibility index (Phi) is 6.04. The molecular weight excluding hydrogens is 409 g/mol. The fraction of sp³-hybridized carbons (Fsp3) is 0.238. The van der Waals surface area contributed by atoms with Crippen molar-refractivity contribution in [1.82, 2.24) is 8.87 Å². The molecule has 1 N–H and O–H groups in total. The number of fused-ring (bicyclic) bond motifs is 1. The van der Waals surface area contributed by atoms with Crippen LogP contribution in [-0.2, 0) is 17.1 Å². The highest BCUT2D eigenvalue weighted by atomic mass is 32.2. The van der Waals surface area contributed by atoms with Crippen LogP contribution >= 0.6 is 0 Å². The first-order chi connectivity index (χ1) is 14.2. The van der Waals surface area contributed by atoms with Crippen LogP contribution in [0.15, 0.2) is 58.4 Å². The van der Waals surface area contributed by atoms with Crippen molar-refractivity contribution in [3.63, 3.8) is 0 Å². The van der Waals surface area contributed by atoms with E-state index < -0.39 is 27.2 Å². The first kappa shape index (κ1) is 21.7. The van der Waals surface area contributed by atoms with Crippen LogP contribution in [0.25, 0.3) is 10.9 Å². The van der Waals surface area contributed by atoms with Gasteiger partial charge in [-0.25, -0.2) is 12.8 Å². The molecule has 2 aromatic carbocycles. The van der Waals surface area contributed by atoms with Gasteiger partial charge in [0.1, 0.15) is 11.4 Å². The Morgan fingerprint density at radius 2 is 1.73 bits per heavy atom. The van der Waals surface area contributed by atoms with Gasteiger partial charge in [-0.3, -0.25) is 9.59 Å². The Bertz CT molecular complexity index is 1260. The van der Waals surface area contributed by atoms with Crippen LogP contribution in [0.2, 0.25) is 0 Å². The average molecular weight is 431 g/mol. The first-order valence-electron chi connectivity index (χ1n) is 9.40. The lowest BCUT2D eigenvalue weighted by Crippen LogP contribution is -2.30. The van der Waals surface area contributed by atoms with Crippen LogP contribution in [0.3, 0.4) is 0 Å². The molecule has 0 saturated carbocycles. The van der Waals surface area contributed by atoms with Crippen molar-refractivity contribution in [2.24, 2.45) is 7.05 Å². The van der Waals surface area contributed by atoms with Gasteiger partial charge >= 0.3 is 0 Å². The molecule has 1 heterocycles. The Hall–Kier alpha value is -3.04. The quantitative estimate of drug-likeness (QED) is 0.650. The number of amides is 1. The smallest absolute Gasteiger partial charge is 0.261 e. The summed E-state index contributed by atoms with van der Waals surface area (Å²) in [5.41, 5.74) is -0.277. The zero-order valence-electron chi connectivity index (χ0n) is 16.8. The topological polar surface area (TPSA) is 88.5 Å². The second kappa shape index (κ2) is 8.37. The molecule has 0 fully saturated rings. The minimum absolute atomic E-state index is 0.103. The van der Waals surface area contributed by atoms with Crippen LogP contribution in [0.1, 0.15) is 24.2 Å². The minimum Gasteiger partial charge on any atom is -0.347 e. The van der Waals surface area contributed by atoms with E-state index in [2.05, 4.69) is 5.32 Å². The molecule has 9 heteroatoms. The van der Waals surface area contributed by atoms with Crippen molar-refractivity contribution >= 4 is 32.5 Å². The average Bonchev–Trinajstić information content (AvgIpc) is 2.71. The minimum atomic E-state index is -3.61. The van der Waals surface area contributed by atoms with Crippen molar-refractivity contribution in [1.29, 1.82) is 0 Å². The number of sulfonamides is 1. The summed E-state index contributed by atoms with van der Waals surface area (Å²) >= 11 is 0. The number of hydrogen-bond acceptors (Lipinski definition) is 4. The number of carbonyl (C=O) groups excluding carboxylic acids is 1. The van der Waals surface area contributed by atoms with Crippen LogP contribution in [0.5, 0.6) is 0 Å². The van der Waals surface area contributed by atoms with Crippen LogP contribution in [0, 0.1) is 5.82 Å². The Labute approximate surface area is 173 Å². The van der Waals surface area contributed by atoms with E-state index in [0.29, 0.717) is 18.8 Å².